The summed E-state index contributed by atoms with van der Waals surface area (Å²) in [4.78, 5) is 27.3. The second-order valence-electron chi connectivity index (χ2n) is 8.14. The number of rotatable bonds is 7. The molecule has 1 N–H and O–H groups in total. The molecule has 0 aromatic heterocycles. The van der Waals surface area contributed by atoms with Gasteiger partial charge in [-0.3, -0.25) is 14.5 Å². The second kappa shape index (κ2) is 11.1. The van der Waals surface area contributed by atoms with E-state index in [1.54, 1.807) is 42.5 Å². The molecule has 1 saturated heterocycles. The summed E-state index contributed by atoms with van der Waals surface area (Å²) in [6, 6.07) is 21.9. The lowest BCUT2D eigenvalue weighted by Gasteiger charge is -2.14. The van der Waals surface area contributed by atoms with Crippen LogP contribution < -0.4 is 15.0 Å². The van der Waals surface area contributed by atoms with Crippen LogP contribution >= 0.6 is 35.6 Å². The van der Waals surface area contributed by atoms with Gasteiger partial charge in [-0.15, -0.1) is 0 Å². The third kappa shape index (κ3) is 6.11. The van der Waals surface area contributed by atoms with Crippen LogP contribution in [0, 0.1) is 0 Å². The standard InChI is InChI=1S/C27H23ClN2O3S2/c1-17(2)22-5-3-4-6-23(22)29-25(31)16-33-21-13-7-18(8-14-21)15-24-26(32)30(27(34)35-24)20-11-9-19(28)10-12-20/h3-15,17H,16H2,1-2H3,(H,29,31)/b24-15-. The van der Waals surface area contributed by atoms with E-state index >= 15 is 0 Å². The zero-order chi connectivity index (χ0) is 24.9. The number of ether oxygens (including phenoxy) is 1. The molecule has 1 heterocycles. The van der Waals surface area contributed by atoms with Gasteiger partial charge in [-0.1, -0.05) is 79.8 Å². The smallest absolute Gasteiger partial charge is 0.270 e. The van der Waals surface area contributed by atoms with Crippen LogP contribution in [0.2, 0.25) is 5.02 Å². The Morgan fingerprint density at radius 2 is 1.77 bits per heavy atom. The van der Waals surface area contributed by atoms with Crippen LogP contribution in [0.1, 0.15) is 30.9 Å². The average molecular weight is 523 g/mol. The fourth-order valence-electron chi connectivity index (χ4n) is 3.54. The summed E-state index contributed by atoms with van der Waals surface area (Å²) >= 11 is 12.6. The topological polar surface area (TPSA) is 58.6 Å². The first-order valence-corrected chi connectivity index (χ1v) is 12.6. The first kappa shape index (κ1) is 25.0. The molecule has 0 bridgehead atoms. The number of para-hydroxylation sites is 1. The number of thiocarbonyl (C=S) groups is 1. The fourth-order valence-corrected chi connectivity index (χ4v) is 4.97. The molecule has 8 heteroatoms. The van der Waals surface area contributed by atoms with E-state index in [4.69, 9.17) is 28.6 Å². The summed E-state index contributed by atoms with van der Waals surface area (Å²) in [6.45, 7) is 4.06. The SMILES string of the molecule is CC(C)c1ccccc1NC(=O)COc1ccc(/C=C2\SC(=S)N(c3ccc(Cl)cc3)C2=O)cc1. The van der Waals surface area contributed by atoms with Crippen LogP contribution in [0.3, 0.4) is 0 Å². The predicted molar refractivity (Wildman–Crippen MR) is 148 cm³/mol. The summed E-state index contributed by atoms with van der Waals surface area (Å²) in [5.74, 6) is 0.448. The number of nitrogens with zero attached hydrogens (tertiary/aromatic N) is 1. The van der Waals surface area contributed by atoms with Gasteiger partial charge < -0.3 is 10.1 Å². The molecule has 0 saturated carbocycles. The van der Waals surface area contributed by atoms with Crippen molar-refractivity contribution in [3.8, 4) is 5.75 Å². The van der Waals surface area contributed by atoms with Crippen LogP contribution in [0.15, 0.2) is 77.7 Å². The Kier molecular flexibility index (Phi) is 7.90. The molecule has 0 atom stereocenters. The van der Waals surface area contributed by atoms with Crippen LogP contribution in [0.25, 0.3) is 6.08 Å². The number of carbonyl (C=O) groups is 2. The minimum Gasteiger partial charge on any atom is -0.484 e. The number of benzene rings is 3. The van der Waals surface area contributed by atoms with Crippen molar-refractivity contribution in [3.05, 3.63) is 93.9 Å². The molecule has 1 fully saturated rings. The van der Waals surface area contributed by atoms with Gasteiger partial charge in [0.05, 0.1) is 10.6 Å². The number of hydrogen-bond acceptors (Lipinski definition) is 5. The minimum absolute atomic E-state index is 0.106. The molecule has 2 amide bonds. The Morgan fingerprint density at radius 3 is 2.46 bits per heavy atom. The lowest BCUT2D eigenvalue weighted by atomic mass is 10.0. The van der Waals surface area contributed by atoms with E-state index < -0.39 is 0 Å². The molecule has 0 spiro atoms. The number of amides is 2. The van der Waals surface area contributed by atoms with Crippen LogP contribution in [-0.2, 0) is 9.59 Å². The van der Waals surface area contributed by atoms with Gasteiger partial charge in [-0.25, -0.2) is 0 Å². The van der Waals surface area contributed by atoms with Gasteiger partial charge in [0.2, 0.25) is 0 Å². The minimum atomic E-state index is -0.229. The van der Waals surface area contributed by atoms with Crippen molar-refractivity contribution in [2.75, 3.05) is 16.8 Å². The average Bonchev–Trinajstić information content (AvgIpc) is 3.12. The maximum absolute atomic E-state index is 12.9. The maximum atomic E-state index is 12.9. The zero-order valence-electron chi connectivity index (χ0n) is 19.2. The van der Waals surface area contributed by atoms with Gasteiger partial charge in [0.25, 0.3) is 11.8 Å². The predicted octanol–water partition coefficient (Wildman–Crippen LogP) is 6.89. The molecule has 1 aliphatic heterocycles. The highest BCUT2D eigenvalue weighted by Crippen LogP contribution is 2.36. The molecule has 35 heavy (non-hydrogen) atoms. The van der Waals surface area contributed by atoms with Gasteiger partial charge in [-0.2, -0.15) is 0 Å². The van der Waals surface area contributed by atoms with Crippen LogP contribution in [0.5, 0.6) is 5.75 Å². The van der Waals surface area contributed by atoms with E-state index in [9.17, 15) is 9.59 Å². The Labute approximate surface area is 219 Å². The number of anilines is 2. The highest BCUT2D eigenvalue weighted by atomic mass is 35.5. The summed E-state index contributed by atoms with van der Waals surface area (Å²) in [5, 5.41) is 3.51. The molecule has 0 radical (unpaired) electrons. The molecule has 4 rings (SSSR count). The van der Waals surface area contributed by atoms with Crippen molar-refractivity contribution in [2.45, 2.75) is 19.8 Å². The summed E-state index contributed by atoms with van der Waals surface area (Å²) in [6.07, 6.45) is 1.79. The van der Waals surface area contributed by atoms with Gasteiger partial charge in [-0.05, 0) is 65.6 Å². The van der Waals surface area contributed by atoms with Crippen molar-refractivity contribution in [2.24, 2.45) is 0 Å². The molecule has 0 aliphatic carbocycles. The van der Waals surface area contributed by atoms with E-state index in [-0.39, 0.29) is 18.4 Å². The number of halogens is 1. The Balaban J connectivity index is 1.37. The van der Waals surface area contributed by atoms with Crippen molar-refractivity contribution in [3.63, 3.8) is 0 Å². The number of carbonyl (C=O) groups excluding carboxylic acids is 2. The van der Waals surface area contributed by atoms with Crippen molar-refractivity contribution < 1.29 is 14.3 Å². The largest absolute Gasteiger partial charge is 0.484 e. The summed E-state index contributed by atoms with van der Waals surface area (Å²) in [5.41, 5.74) is 3.37. The second-order valence-corrected chi connectivity index (χ2v) is 10.3. The first-order valence-electron chi connectivity index (χ1n) is 11.0. The highest BCUT2D eigenvalue weighted by Gasteiger charge is 2.33. The normalized spacial score (nSPS) is 14.6. The van der Waals surface area contributed by atoms with Gasteiger partial charge in [0.1, 0.15) is 5.75 Å². The molecule has 1 aliphatic rings. The Hall–Kier alpha value is -3.13. The maximum Gasteiger partial charge on any atom is 0.270 e. The van der Waals surface area contributed by atoms with Crippen molar-refractivity contribution in [1.29, 1.82) is 0 Å². The molecule has 0 unspecified atom stereocenters. The van der Waals surface area contributed by atoms with E-state index in [2.05, 4.69) is 19.2 Å². The number of thioether (sulfide) groups is 1. The Morgan fingerprint density at radius 1 is 1.09 bits per heavy atom. The molecular weight excluding hydrogens is 500 g/mol. The van der Waals surface area contributed by atoms with Gasteiger partial charge in [0, 0.05) is 10.7 Å². The summed E-state index contributed by atoms with van der Waals surface area (Å²) in [7, 11) is 0. The highest BCUT2D eigenvalue weighted by molar-refractivity contribution is 8.27. The first-order chi connectivity index (χ1) is 16.8. The van der Waals surface area contributed by atoms with Crippen molar-refractivity contribution >= 4 is 69.2 Å². The van der Waals surface area contributed by atoms with E-state index in [1.165, 1.54) is 16.7 Å². The lowest BCUT2D eigenvalue weighted by Crippen LogP contribution is -2.27. The third-order valence-corrected chi connectivity index (χ3v) is 6.84. The van der Waals surface area contributed by atoms with Crippen molar-refractivity contribution in [1.82, 2.24) is 0 Å². The van der Waals surface area contributed by atoms with Crippen LogP contribution in [-0.4, -0.2) is 22.7 Å². The summed E-state index contributed by atoms with van der Waals surface area (Å²) < 4.78 is 6.11. The molecular formula is C27H23ClN2O3S2. The number of nitrogens with one attached hydrogen (secondary N) is 1. The molecule has 178 valence electrons. The molecule has 5 nitrogen and oxygen atoms in total. The van der Waals surface area contributed by atoms with Gasteiger partial charge >= 0.3 is 0 Å². The fraction of sp³-hybridized carbons (Fsp3) is 0.148. The van der Waals surface area contributed by atoms with E-state index in [0.717, 1.165) is 16.8 Å². The molecule has 3 aromatic rings. The van der Waals surface area contributed by atoms with E-state index in [0.29, 0.717) is 31.6 Å². The van der Waals surface area contributed by atoms with Gasteiger partial charge in [0.15, 0.2) is 10.9 Å². The quantitative estimate of drug-likeness (QED) is 0.270. The van der Waals surface area contributed by atoms with E-state index in [1.807, 2.05) is 36.4 Å². The molecule has 3 aromatic carbocycles. The monoisotopic (exact) mass is 522 g/mol. The van der Waals surface area contributed by atoms with Crippen LogP contribution in [0.4, 0.5) is 11.4 Å². The third-order valence-electron chi connectivity index (χ3n) is 5.28. The number of hydrogen-bond donors (Lipinski definition) is 1. The lowest BCUT2D eigenvalue weighted by molar-refractivity contribution is -0.118. The Bertz CT molecular complexity index is 1290. The zero-order valence-corrected chi connectivity index (χ0v) is 21.5.